The second-order valence-corrected chi connectivity index (χ2v) is 8.85. The molecule has 0 bridgehead atoms. The van der Waals surface area contributed by atoms with Crippen LogP contribution in [0.25, 0.3) is 10.2 Å². The highest BCUT2D eigenvalue weighted by molar-refractivity contribution is 7.98. The lowest BCUT2D eigenvalue weighted by molar-refractivity contribution is 0.509. The van der Waals surface area contributed by atoms with Gasteiger partial charge in [-0.05, 0) is 42.9 Å². The fourth-order valence-corrected chi connectivity index (χ4v) is 5.85. The van der Waals surface area contributed by atoms with Gasteiger partial charge in [-0.1, -0.05) is 36.4 Å². The Morgan fingerprint density at radius 1 is 1.48 bits per heavy atom. The molecule has 1 N–H and O–H groups in total. The lowest BCUT2D eigenvalue weighted by atomic mass is 9.89. The summed E-state index contributed by atoms with van der Waals surface area (Å²) in [5.41, 5.74) is 1.50. The van der Waals surface area contributed by atoms with Crippen LogP contribution in [0.5, 0.6) is 0 Å². The Morgan fingerprint density at radius 2 is 2.32 bits per heavy atom. The Balaban J connectivity index is 1.66. The number of fused-ring (bicyclic) bond motifs is 3. The van der Waals surface area contributed by atoms with Gasteiger partial charge in [-0.15, -0.1) is 11.3 Å². The summed E-state index contributed by atoms with van der Waals surface area (Å²) in [6.07, 6.45) is 3.07. The number of nitrogens with one attached hydrogen (secondary N) is 1. The molecule has 1 aromatic carbocycles. The van der Waals surface area contributed by atoms with Gasteiger partial charge < -0.3 is 4.98 Å². The number of aromatic amines is 1. The van der Waals surface area contributed by atoms with Gasteiger partial charge in [-0.25, -0.2) is 9.37 Å². The molecule has 3 nitrogen and oxygen atoms in total. The predicted octanol–water partition coefficient (Wildman–Crippen LogP) is 5.19. The molecule has 1 aliphatic rings. The van der Waals surface area contributed by atoms with Crippen LogP contribution < -0.4 is 5.56 Å². The molecule has 0 amide bonds. The van der Waals surface area contributed by atoms with Gasteiger partial charge in [-0.2, -0.15) is 0 Å². The van der Waals surface area contributed by atoms with E-state index in [0.29, 0.717) is 27.4 Å². The molecule has 7 heteroatoms. The highest BCUT2D eigenvalue weighted by atomic mass is 35.5. The van der Waals surface area contributed by atoms with Crippen molar-refractivity contribution in [2.24, 2.45) is 5.92 Å². The Morgan fingerprint density at radius 3 is 3.12 bits per heavy atom. The quantitative estimate of drug-likeness (QED) is 0.491. The monoisotopic (exact) mass is 394 g/mol. The summed E-state index contributed by atoms with van der Waals surface area (Å²) >= 11 is 8.97. The minimum Gasteiger partial charge on any atom is -0.301 e. The van der Waals surface area contributed by atoms with Crippen molar-refractivity contribution in [3.05, 3.63) is 55.4 Å². The van der Waals surface area contributed by atoms with Gasteiger partial charge >= 0.3 is 0 Å². The van der Waals surface area contributed by atoms with Crippen LogP contribution >= 0.6 is 34.7 Å². The largest absolute Gasteiger partial charge is 0.301 e. The standard InChI is InChI=1S/C18H16ClFN2OS2/c1-9-5-6-10-14(7-9)25-17-15(10)16(23)21-18(22-17)24-8-11-12(19)3-2-4-13(11)20/h2-4,9H,5-8H2,1H3,(H,21,22,23)/t9-/m1/s1. The van der Waals surface area contributed by atoms with E-state index in [0.717, 1.165) is 29.5 Å². The maximum Gasteiger partial charge on any atom is 0.260 e. The average molecular weight is 395 g/mol. The van der Waals surface area contributed by atoms with E-state index in [4.69, 9.17) is 11.6 Å². The number of hydrogen-bond acceptors (Lipinski definition) is 4. The van der Waals surface area contributed by atoms with Crippen molar-refractivity contribution in [3.63, 3.8) is 0 Å². The van der Waals surface area contributed by atoms with E-state index in [1.807, 2.05) is 0 Å². The zero-order valence-electron chi connectivity index (χ0n) is 13.6. The number of aromatic nitrogens is 2. The van der Waals surface area contributed by atoms with Crippen LogP contribution in [0, 0.1) is 11.7 Å². The molecule has 2 heterocycles. The summed E-state index contributed by atoms with van der Waals surface area (Å²) in [6.45, 7) is 2.24. The van der Waals surface area contributed by atoms with Gasteiger partial charge in [0.05, 0.1) is 5.39 Å². The topological polar surface area (TPSA) is 45.8 Å². The third-order valence-corrected chi connectivity index (χ3v) is 6.96. The Kier molecular flexibility index (Phi) is 4.60. The molecule has 1 atom stereocenters. The van der Waals surface area contributed by atoms with Crippen molar-refractivity contribution < 1.29 is 4.39 Å². The lowest BCUT2D eigenvalue weighted by Crippen LogP contribution is -2.13. The molecule has 0 spiro atoms. The van der Waals surface area contributed by atoms with Crippen molar-refractivity contribution in [3.8, 4) is 0 Å². The van der Waals surface area contributed by atoms with Crippen LogP contribution in [0.1, 0.15) is 29.3 Å². The Bertz CT molecular complexity index is 994. The van der Waals surface area contributed by atoms with Crippen molar-refractivity contribution in [1.82, 2.24) is 9.97 Å². The molecule has 2 aromatic heterocycles. The second-order valence-electron chi connectivity index (χ2n) is 6.39. The molecule has 0 saturated heterocycles. The zero-order valence-corrected chi connectivity index (χ0v) is 16.0. The molecule has 0 saturated carbocycles. The molecule has 130 valence electrons. The van der Waals surface area contributed by atoms with Gasteiger partial charge in [0.2, 0.25) is 0 Å². The number of rotatable bonds is 3. The van der Waals surface area contributed by atoms with E-state index < -0.39 is 0 Å². The van der Waals surface area contributed by atoms with Gasteiger partial charge in [0.15, 0.2) is 5.16 Å². The van der Waals surface area contributed by atoms with Gasteiger partial charge in [-0.3, -0.25) is 4.79 Å². The van der Waals surface area contributed by atoms with E-state index in [2.05, 4.69) is 16.9 Å². The molecule has 0 radical (unpaired) electrons. The first-order valence-electron chi connectivity index (χ1n) is 8.13. The Labute approximate surface area is 157 Å². The molecular weight excluding hydrogens is 379 g/mol. The first kappa shape index (κ1) is 17.1. The van der Waals surface area contributed by atoms with Gasteiger partial charge in [0.25, 0.3) is 5.56 Å². The minimum atomic E-state index is -0.344. The number of benzene rings is 1. The minimum absolute atomic E-state index is 0.0980. The van der Waals surface area contributed by atoms with Crippen molar-refractivity contribution in [2.75, 3.05) is 0 Å². The molecule has 3 aromatic rings. The van der Waals surface area contributed by atoms with Crippen molar-refractivity contribution >= 4 is 44.9 Å². The van der Waals surface area contributed by atoms with E-state index in [1.54, 1.807) is 23.5 Å². The SMILES string of the molecule is C[C@@H]1CCc2c(sc3nc(SCc4c(F)cccc4Cl)[nH]c(=O)c23)C1. The first-order chi connectivity index (χ1) is 12.0. The number of halogens is 2. The highest BCUT2D eigenvalue weighted by Crippen LogP contribution is 2.36. The summed E-state index contributed by atoms with van der Waals surface area (Å²) in [5, 5.41) is 1.63. The number of thioether (sulfide) groups is 1. The molecule has 1 aliphatic carbocycles. The normalized spacial score (nSPS) is 17.0. The molecule has 25 heavy (non-hydrogen) atoms. The molecule has 0 fully saturated rings. The van der Waals surface area contributed by atoms with Crippen LogP contribution in [0.4, 0.5) is 4.39 Å². The van der Waals surface area contributed by atoms with Crippen LogP contribution in [0.2, 0.25) is 5.02 Å². The summed E-state index contributed by atoms with van der Waals surface area (Å²) in [7, 11) is 0. The van der Waals surface area contributed by atoms with E-state index in [9.17, 15) is 9.18 Å². The lowest BCUT2D eigenvalue weighted by Gasteiger charge is -2.17. The van der Waals surface area contributed by atoms with Crippen LogP contribution in [0.3, 0.4) is 0 Å². The maximum atomic E-state index is 13.9. The van der Waals surface area contributed by atoms with Crippen molar-refractivity contribution in [1.29, 1.82) is 0 Å². The molecule has 0 unspecified atom stereocenters. The van der Waals surface area contributed by atoms with Gasteiger partial charge in [0, 0.05) is 21.2 Å². The molecule has 0 aliphatic heterocycles. The fourth-order valence-electron chi connectivity index (χ4n) is 3.21. The summed E-state index contributed by atoms with van der Waals surface area (Å²) in [5.74, 6) is 0.628. The van der Waals surface area contributed by atoms with Gasteiger partial charge in [0.1, 0.15) is 10.6 Å². The van der Waals surface area contributed by atoms with E-state index >= 15 is 0 Å². The number of thiophene rings is 1. The zero-order chi connectivity index (χ0) is 17.6. The summed E-state index contributed by atoms with van der Waals surface area (Å²) in [6, 6.07) is 4.62. The van der Waals surface area contributed by atoms with Crippen LogP contribution in [-0.4, -0.2) is 9.97 Å². The second kappa shape index (κ2) is 6.74. The first-order valence-corrected chi connectivity index (χ1v) is 10.3. The fraction of sp³-hybridized carbons (Fsp3) is 0.333. The third-order valence-electron chi connectivity index (χ3n) is 4.56. The van der Waals surface area contributed by atoms with Crippen LogP contribution in [-0.2, 0) is 18.6 Å². The van der Waals surface area contributed by atoms with E-state index in [-0.39, 0.29) is 11.4 Å². The summed E-state index contributed by atoms with van der Waals surface area (Å²) in [4.78, 5) is 22.1. The van der Waals surface area contributed by atoms with E-state index in [1.165, 1.54) is 28.3 Å². The number of nitrogens with zero attached hydrogens (tertiary/aromatic N) is 1. The summed E-state index contributed by atoms with van der Waals surface area (Å²) < 4.78 is 13.9. The number of aryl methyl sites for hydroxylation is 1. The smallest absolute Gasteiger partial charge is 0.260 e. The predicted molar refractivity (Wildman–Crippen MR) is 102 cm³/mol. The number of hydrogen-bond donors (Lipinski definition) is 1. The number of H-pyrrole nitrogens is 1. The van der Waals surface area contributed by atoms with Crippen molar-refractivity contribution in [2.45, 2.75) is 37.1 Å². The Hall–Kier alpha value is -1.37. The van der Waals surface area contributed by atoms with Crippen LogP contribution in [0.15, 0.2) is 28.2 Å². The average Bonchev–Trinajstić information content (AvgIpc) is 2.92. The maximum absolute atomic E-state index is 13.9. The third kappa shape index (κ3) is 3.23. The highest BCUT2D eigenvalue weighted by Gasteiger charge is 2.23. The molecular formula is C18H16ClFN2OS2. The molecule has 4 rings (SSSR count).